The highest BCUT2D eigenvalue weighted by molar-refractivity contribution is 7.07. The Bertz CT molecular complexity index is 2430. The number of para-hydroxylation sites is 1. The molecule has 0 amide bonds. The van der Waals surface area contributed by atoms with E-state index < -0.39 is 12.0 Å². The van der Waals surface area contributed by atoms with E-state index in [4.69, 9.17) is 30.8 Å². The molecular formula is C39H32ClN3O5S. The number of fused-ring (bicyclic) bond motifs is 2. The quantitative estimate of drug-likeness (QED) is 0.160. The second-order valence-electron chi connectivity index (χ2n) is 11.4. The van der Waals surface area contributed by atoms with Crippen molar-refractivity contribution in [2.24, 2.45) is 4.99 Å². The lowest BCUT2D eigenvalue weighted by molar-refractivity contribution is -0.138. The van der Waals surface area contributed by atoms with E-state index >= 15 is 0 Å². The van der Waals surface area contributed by atoms with Crippen LogP contribution in [0.5, 0.6) is 11.5 Å². The summed E-state index contributed by atoms with van der Waals surface area (Å²) in [4.78, 5) is 33.8. The normalized spacial score (nSPS) is 14.4. The lowest BCUT2D eigenvalue weighted by atomic mass is 9.93. The summed E-state index contributed by atoms with van der Waals surface area (Å²) in [6.45, 7) is 2.48. The third-order valence-electron chi connectivity index (χ3n) is 8.50. The average Bonchev–Trinajstić information content (AvgIpc) is 3.64. The minimum Gasteiger partial charge on any atom is -0.493 e. The van der Waals surface area contributed by atoms with Gasteiger partial charge < -0.3 is 18.8 Å². The molecule has 0 saturated heterocycles. The van der Waals surface area contributed by atoms with E-state index in [-0.39, 0.29) is 17.7 Å². The van der Waals surface area contributed by atoms with E-state index in [2.05, 4.69) is 10.6 Å². The molecule has 0 unspecified atom stereocenters. The van der Waals surface area contributed by atoms with Gasteiger partial charge in [0.1, 0.15) is 0 Å². The molecule has 0 bridgehead atoms. The molecule has 4 aromatic carbocycles. The van der Waals surface area contributed by atoms with E-state index in [0.29, 0.717) is 43.7 Å². The summed E-state index contributed by atoms with van der Waals surface area (Å²) in [5, 5.41) is 1.69. The van der Waals surface area contributed by atoms with Crippen molar-refractivity contribution < 1.29 is 19.0 Å². The zero-order chi connectivity index (χ0) is 34.1. The van der Waals surface area contributed by atoms with Crippen molar-refractivity contribution in [3.63, 3.8) is 0 Å². The van der Waals surface area contributed by atoms with Crippen LogP contribution in [0.4, 0.5) is 0 Å². The van der Waals surface area contributed by atoms with Gasteiger partial charge in [-0.1, -0.05) is 95.7 Å². The minimum absolute atomic E-state index is 0.158. The number of esters is 1. The van der Waals surface area contributed by atoms with Crippen LogP contribution in [0.15, 0.2) is 119 Å². The van der Waals surface area contributed by atoms with Crippen molar-refractivity contribution >= 4 is 51.6 Å². The van der Waals surface area contributed by atoms with Gasteiger partial charge in [-0.15, -0.1) is 0 Å². The molecule has 0 saturated carbocycles. The van der Waals surface area contributed by atoms with Gasteiger partial charge in [-0.25, -0.2) is 9.79 Å². The molecule has 8 nitrogen and oxygen atoms in total. The van der Waals surface area contributed by atoms with Crippen molar-refractivity contribution in [2.45, 2.75) is 19.5 Å². The first-order valence-corrected chi connectivity index (χ1v) is 16.9. The molecule has 0 aliphatic carbocycles. The van der Waals surface area contributed by atoms with Gasteiger partial charge in [-0.05, 0) is 48.4 Å². The largest absolute Gasteiger partial charge is 0.493 e. The molecule has 0 fully saturated rings. The van der Waals surface area contributed by atoms with E-state index in [1.54, 1.807) is 37.8 Å². The average molecular weight is 690 g/mol. The number of methoxy groups -OCH3 is 2. The molecule has 246 valence electrons. The monoisotopic (exact) mass is 689 g/mol. The fourth-order valence-corrected chi connectivity index (χ4v) is 7.44. The molecule has 0 spiro atoms. The molecule has 0 N–H and O–H groups in total. The van der Waals surface area contributed by atoms with Crippen LogP contribution in [0.3, 0.4) is 0 Å². The Morgan fingerprint density at radius 1 is 0.939 bits per heavy atom. The summed E-state index contributed by atoms with van der Waals surface area (Å²) in [5.74, 6) is 0.438. The number of carbonyl (C=O) groups excluding carboxylic acids is 1. The maximum Gasteiger partial charge on any atom is 0.338 e. The molecule has 2 aromatic heterocycles. The highest BCUT2D eigenvalue weighted by Gasteiger charge is 2.35. The van der Waals surface area contributed by atoms with Gasteiger partial charge in [0.2, 0.25) is 0 Å². The van der Waals surface area contributed by atoms with Crippen LogP contribution in [0.1, 0.15) is 35.2 Å². The summed E-state index contributed by atoms with van der Waals surface area (Å²) < 4.78 is 20.9. The number of rotatable bonds is 9. The Labute approximate surface area is 291 Å². The highest BCUT2D eigenvalue weighted by atomic mass is 35.5. The molecule has 1 aliphatic rings. The Morgan fingerprint density at radius 3 is 2.43 bits per heavy atom. The lowest BCUT2D eigenvalue weighted by Crippen LogP contribution is -2.40. The van der Waals surface area contributed by atoms with Gasteiger partial charge in [0, 0.05) is 39.8 Å². The number of hydrogen-bond donors (Lipinski definition) is 0. The van der Waals surface area contributed by atoms with Crippen LogP contribution in [0.2, 0.25) is 5.02 Å². The molecule has 0 radical (unpaired) electrons. The Balaban J connectivity index is 1.47. The third kappa shape index (κ3) is 5.96. The summed E-state index contributed by atoms with van der Waals surface area (Å²) in [7, 11) is 3.11. The maximum absolute atomic E-state index is 14.6. The molecule has 1 aliphatic heterocycles. The van der Waals surface area contributed by atoms with Crippen molar-refractivity contribution in [3.05, 3.63) is 156 Å². The number of carbonyl (C=O) groups is 1. The van der Waals surface area contributed by atoms with Gasteiger partial charge in [0.25, 0.3) is 5.56 Å². The first-order chi connectivity index (χ1) is 23.9. The summed E-state index contributed by atoms with van der Waals surface area (Å²) >= 11 is 7.80. The second kappa shape index (κ2) is 13.6. The van der Waals surface area contributed by atoms with Gasteiger partial charge in [-0.2, -0.15) is 0 Å². The van der Waals surface area contributed by atoms with Crippen LogP contribution in [-0.4, -0.2) is 35.9 Å². The number of ether oxygens (including phenoxy) is 3. The van der Waals surface area contributed by atoms with Crippen LogP contribution in [-0.2, 0) is 16.1 Å². The van der Waals surface area contributed by atoms with Crippen molar-refractivity contribution in [1.82, 2.24) is 9.13 Å². The SMILES string of the molecule is CCOC(=O)C1=C(c2ccccc2)N=c2s/c(=C\c3cn(Cc4ccccc4Cl)c4ccccc34)c(=O)n2[C@@H]1c1ccc(OC)c(OC)c1. The van der Waals surface area contributed by atoms with Gasteiger partial charge in [-0.3, -0.25) is 9.36 Å². The smallest absolute Gasteiger partial charge is 0.338 e. The molecule has 1 atom stereocenters. The first kappa shape index (κ1) is 32.2. The Kier molecular flexibility index (Phi) is 8.95. The third-order valence-corrected chi connectivity index (χ3v) is 9.85. The van der Waals surface area contributed by atoms with E-state index in [0.717, 1.165) is 27.6 Å². The molecule has 6 aromatic rings. The second-order valence-corrected chi connectivity index (χ2v) is 12.8. The fourth-order valence-electron chi connectivity index (χ4n) is 6.25. The van der Waals surface area contributed by atoms with E-state index in [1.165, 1.54) is 11.3 Å². The zero-order valence-electron chi connectivity index (χ0n) is 27.1. The predicted octanol–water partition coefficient (Wildman–Crippen LogP) is 6.61. The van der Waals surface area contributed by atoms with Crippen LogP contribution >= 0.6 is 22.9 Å². The zero-order valence-corrected chi connectivity index (χ0v) is 28.6. The number of nitrogens with zero attached hydrogens (tertiary/aromatic N) is 3. The summed E-state index contributed by atoms with van der Waals surface area (Å²) in [5.41, 5.74) is 4.69. The predicted molar refractivity (Wildman–Crippen MR) is 193 cm³/mol. The minimum atomic E-state index is -0.853. The molecule has 7 rings (SSSR count). The fraction of sp³-hybridized carbons (Fsp3) is 0.154. The number of aromatic nitrogens is 2. The van der Waals surface area contributed by atoms with Gasteiger partial charge >= 0.3 is 5.97 Å². The summed E-state index contributed by atoms with van der Waals surface area (Å²) in [6.07, 6.45) is 3.94. The number of benzene rings is 4. The lowest BCUT2D eigenvalue weighted by Gasteiger charge is -2.26. The number of thiazole rings is 1. The molecular weight excluding hydrogens is 658 g/mol. The van der Waals surface area contributed by atoms with Crippen molar-refractivity contribution in [1.29, 1.82) is 0 Å². The molecule has 49 heavy (non-hydrogen) atoms. The van der Waals surface area contributed by atoms with Crippen LogP contribution in [0.25, 0.3) is 22.7 Å². The van der Waals surface area contributed by atoms with Crippen LogP contribution < -0.4 is 24.4 Å². The Morgan fingerprint density at radius 2 is 1.67 bits per heavy atom. The topological polar surface area (TPSA) is 84.1 Å². The number of halogens is 1. The van der Waals surface area contributed by atoms with E-state index in [9.17, 15) is 9.59 Å². The Hall–Kier alpha value is -5.38. The molecule has 10 heteroatoms. The molecule has 3 heterocycles. The van der Waals surface area contributed by atoms with Crippen LogP contribution in [0, 0.1) is 0 Å². The highest BCUT2D eigenvalue weighted by Crippen LogP contribution is 2.38. The van der Waals surface area contributed by atoms with E-state index in [1.807, 2.05) is 91.1 Å². The standard InChI is InChI=1S/C39H32ClN3O5S/c1-4-48-38(45)34-35(24-12-6-5-7-13-24)41-39-43(36(34)25-18-19-31(46-2)32(20-25)47-3)37(44)33(49-39)21-27-23-42(30-17-11-9-15-28(27)30)22-26-14-8-10-16-29(26)40/h5-21,23,36H,4,22H2,1-3H3/b33-21-/t36-/m1/s1. The van der Waals surface area contributed by atoms with Crippen molar-refractivity contribution in [3.8, 4) is 11.5 Å². The van der Waals surface area contributed by atoms with Gasteiger partial charge in [0.15, 0.2) is 16.3 Å². The summed E-state index contributed by atoms with van der Waals surface area (Å²) in [6, 6.07) is 29.9. The first-order valence-electron chi connectivity index (χ1n) is 15.7. The van der Waals surface area contributed by atoms with Crippen molar-refractivity contribution in [2.75, 3.05) is 20.8 Å². The number of hydrogen-bond acceptors (Lipinski definition) is 7. The maximum atomic E-state index is 14.6. The van der Waals surface area contributed by atoms with Gasteiger partial charge in [0.05, 0.1) is 42.7 Å².